The Morgan fingerprint density at radius 3 is 2.67 bits per heavy atom. The van der Waals surface area contributed by atoms with Crippen LogP contribution in [0, 0.1) is 5.92 Å². The summed E-state index contributed by atoms with van der Waals surface area (Å²) in [7, 11) is -1.32. The van der Waals surface area contributed by atoms with Gasteiger partial charge >= 0.3 is 5.97 Å². The molecule has 0 spiro atoms. The molecule has 3 rings (SSSR count). The minimum absolute atomic E-state index is 0.105. The van der Waals surface area contributed by atoms with Gasteiger partial charge in [-0.25, -0.2) is 18.2 Å². The predicted molar refractivity (Wildman–Crippen MR) is 112 cm³/mol. The van der Waals surface area contributed by atoms with Gasteiger partial charge < -0.3 is 19.5 Å². The van der Waals surface area contributed by atoms with Gasteiger partial charge in [0.2, 0.25) is 0 Å². The third-order valence-electron chi connectivity index (χ3n) is 4.97. The smallest absolute Gasteiger partial charge is 0.337 e. The summed E-state index contributed by atoms with van der Waals surface area (Å²) in [4.78, 5) is 17.6. The fourth-order valence-corrected chi connectivity index (χ4v) is 4.71. The standard InChI is InChI=1S/C20H25N3O6S/c1-13-5-4-8-23(12-13)19-16(9-14(11-21-19)20(24)25)22-30(26,27)18-10-15(28-2)6-7-17(18)29-3/h6-7,9-11,13,22H,4-5,8,12H2,1-3H3,(H,24,25)/t13-/m1/s1. The quantitative estimate of drug-likeness (QED) is 0.682. The summed E-state index contributed by atoms with van der Waals surface area (Å²) >= 11 is 0. The van der Waals surface area contributed by atoms with Crippen molar-refractivity contribution >= 4 is 27.5 Å². The van der Waals surface area contributed by atoms with Gasteiger partial charge in [0, 0.05) is 25.4 Å². The van der Waals surface area contributed by atoms with Gasteiger partial charge in [0.15, 0.2) is 5.82 Å². The highest BCUT2D eigenvalue weighted by Crippen LogP contribution is 2.33. The number of nitrogens with one attached hydrogen (secondary N) is 1. The van der Waals surface area contributed by atoms with Gasteiger partial charge in [-0.2, -0.15) is 0 Å². The molecule has 1 aliphatic heterocycles. The minimum Gasteiger partial charge on any atom is -0.497 e. The summed E-state index contributed by atoms with van der Waals surface area (Å²) < 4.78 is 39.2. The van der Waals surface area contributed by atoms with E-state index in [2.05, 4.69) is 16.6 Å². The number of anilines is 2. The molecule has 162 valence electrons. The molecule has 1 aromatic heterocycles. The van der Waals surface area contributed by atoms with Crippen molar-refractivity contribution in [1.82, 2.24) is 4.98 Å². The number of sulfonamides is 1. The maximum absolute atomic E-state index is 13.2. The van der Waals surface area contributed by atoms with Crippen LogP contribution < -0.4 is 19.1 Å². The van der Waals surface area contributed by atoms with E-state index < -0.39 is 16.0 Å². The van der Waals surface area contributed by atoms with Crippen molar-refractivity contribution in [3.63, 3.8) is 0 Å². The molecule has 0 saturated carbocycles. The summed E-state index contributed by atoms with van der Waals surface area (Å²) in [5, 5.41) is 9.35. The maximum Gasteiger partial charge on any atom is 0.337 e. The van der Waals surface area contributed by atoms with Crippen LogP contribution in [0.2, 0.25) is 0 Å². The zero-order valence-corrected chi connectivity index (χ0v) is 17.9. The average Bonchev–Trinajstić information content (AvgIpc) is 2.72. The van der Waals surface area contributed by atoms with Crippen LogP contribution in [0.25, 0.3) is 0 Å². The summed E-state index contributed by atoms with van der Waals surface area (Å²) in [6.07, 6.45) is 3.26. The van der Waals surface area contributed by atoms with Crippen molar-refractivity contribution < 1.29 is 27.8 Å². The van der Waals surface area contributed by atoms with E-state index in [4.69, 9.17) is 9.47 Å². The van der Waals surface area contributed by atoms with Gasteiger partial charge in [-0.05, 0) is 37.0 Å². The number of carbonyl (C=O) groups is 1. The Kier molecular flexibility index (Phi) is 6.35. The molecule has 9 nitrogen and oxygen atoms in total. The first kappa shape index (κ1) is 21.7. The molecule has 1 saturated heterocycles. The molecule has 1 aromatic carbocycles. The topological polar surface area (TPSA) is 118 Å². The Morgan fingerprint density at radius 1 is 1.27 bits per heavy atom. The van der Waals surface area contributed by atoms with Crippen molar-refractivity contribution in [3.05, 3.63) is 36.0 Å². The third-order valence-corrected chi connectivity index (χ3v) is 6.36. The molecule has 1 aliphatic rings. The lowest BCUT2D eigenvalue weighted by molar-refractivity contribution is 0.0696. The van der Waals surface area contributed by atoms with E-state index in [1.165, 1.54) is 38.6 Å². The van der Waals surface area contributed by atoms with Gasteiger partial charge in [0.05, 0.1) is 25.5 Å². The van der Waals surface area contributed by atoms with Crippen LogP contribution in [-0.4, -0.2) is 51.8 Å². The molecule has 2 N–H and O–H groups in total. The highest BCUT2D eigenvalue weighted by atomic mass is 32.2. The zero-order valence-electron chi connectivity index (χ0n) is 17.1. The van der Waals surface area contributed by atoms with Crippen LogP contribution in [0.5, 0.6) is 11.5 Å². The number of piperidine rings is 1. The van der Waals surface area contributed by atoms with Crippen LogP contribution in [0.3, 0.4) is 0 Å². The second-order valence-corrected chi connectivity index (χ2v) is 8.87. The van der Waals surface area contributed by atoms with Crippen LogP contribution in [0.4, 0.5) is 11.5 Å². The second kappa shape index (κ2) is 8.78. The number of aromatic carboxylic acids is 1. The second-order valence-electron chi connectivity index (χ2n) is 7.22. The third kappa shape index (κ3) is 4.59. The molecule has 2 aromatic rings. The van der Waals surface area contributed by atoms with E-state index in [9.17, 15) is 18.3 Å². The largest absolute Gasteiger partial charge is 0.497 e. The minimum atomic E-state index is -4.12. The number of ether oxygens (including phenoxy) is 2. The normalized spacial score (nSPS) is 16.8. The van der Waals surface area contributed by atoms with E-state index in [-0.39, 0.29) is 21.9 Å². The van der Waals surface area contributed by atoms with Crippen molar-refractivity contribution in [2.75, 3.05) is 36.9 Å². The molecular weight excluding hydrogens is 410 g/mol. The number of aromatic nitrogens is 1. The number of hydrogen-bond acceptors (Lipinski definition) is 7. The summed E-state index contributed by atoms with van der Waals surface area (Å²) in [6.45, 7) is 3.53. The molecule has 0 radical (unpaired) electrons. The number of hydrogen-bond donors (Lipinski definition) is 2. The molecule has 1 fully saturated rings. The van der Waals surface area contributed by atoms with E-state index in [1.807, 2.05) is 4.90 Å². The summed E-state index contributed by atoms with van der Waals surface area (Å²) in [6, 6.07) is 5.71. The van der Waals surface area contributed by atoms with Crippen LogP contribution >= 0.6 is 0 Å². The SMILES string of the molecule is COc1ccc(OC)c(S(=O)(=O)Nc2cc(C(=O)O)cnc2N2CCC[C@@H](C)C2)c1. The molecule has 0 unspecified atom stereocenters. The molecule has 0 aliphatic carbocycles. The highest BCUT2D eigenvalue weighted by Gasteiger charge is 2.26. The summed E-state index contributed by atoms with van der Waals surface area (Å²) in [5.41, 5.74) is -0.00649. The monoisotopic (exact) mass is 435 g/mol. The van der Waals surface area contributed by atoms with Gasteiger partial charge in [0.1, 0.15) is 16.4 Å². The first-order valence-electron chi connectivity index (χ1n) is 9.48. The predicted octanol–water partition coefficient (Wildman–Crippen LogP) is 2.83. The number of pyridine rings is 1. The lowest BCUT2D eigenvalue weighted by Gasteiger charge is -2.33. The number of nitrogens with zero attached hydrogens (tertiary/aromatic N) is 2. The van der Waals surface area contributed by atoms with Crippen molar-refractivity contribution in [2.24, 2.45) is 5.92 Å². The Labute approximate surface area is 175 Å². The number of methoxy groups -OCH3 is 2. The van der Waals surface area contributed by atoms with Crippen molar-refractivity contribution in [1.29, 1.82) is 0 Å². The van der Waals surface area contributed by atoms with E-state index in [0.717, 1.165) is 12.8 Å². The highest BCUT2D eigenvalue weighted by molar-refractivity contribution is 7.92. The Balaban J connectivity index is 2.06. The fourth-order valence-electron chi connectivity index (χ4n) is 3.48. The molecule has 1 atom stereocenters. The van der Waals surface area contributed by atoms with E-state index in [1.54, 1.807) is 6.07 Å². The van der Waals surface area contributed by atoms with Gasteiger partial charge in [-0.1, -0.05) is 6.92 Å². The molecule has 2 heterocycles. The van der Waals surface area contributed by atoms with E-state index in [0.29, 0.717) is 30.6 Å². The Hall–Kier alpha value is -3.01. The van der Waals surface area contributed by atoms with Crippen LogP contribution in [0.1, 0.15) is 30.1 Å². The first-order valence-corrected chi connectivity index (χ1v) is 11.0. The Bertz CT molecular complexity index is 1040. The molecule has 30 heavy (non-hydrogen) atoms. The molecule has 0 amide bonds. The number of carboxylic acid groups (broad SMARTS) is 1. The molecule has 10 heteroatoms. The number of benzene rings is 1. The van der Waals surface area contributed by atoms with Crippen LogP contribution in [-0.2, 0) is 10.0 Å². The first-order chi connectivity index (χ1) is 14.2. The number of carboxylic acids is 1. The average molecular weight is 436 g/mol. The van der Waals surface area contributed by atoms with Gasteiger partial charge in [-0.3, -0.25) is 4.72 Å². The lowest BCUT2D eigenvalue weighted by Crippen LogP contribution is -2.35. The van der Waals surface area contributed by atoms with Crippen molar-refractivity contribution in [3.8, 4) is 11.5 Å². The summed E-state index contributed by atoms with van der Waals surface area (Å²) in [5.74, 6) is 0.109. The molecule has 0 bridgehead atoms. The van der Waals surface area contributed by atoms with Gasteiger partial charge in [0.25, 0.3) is 10.0 Å². The van der Waals surface area contributed by atoms with Crippen molar-refractivity contribution in [2.45, 2.75) is 24.7 Å². The molecular formula is C20H25N3O6S. The van der Waals surface area contributed by atoms with Crippen LogP contribution in [0.15, 0.2) is 35.4 Å². The van der Waals surface area contributed by atoms with Gasteiger partial charge in [-0.15, -0.1) is 0 Å². The van der Waals surface area contributed by atoms with E-state index >= 15 is 0 Å². The Morgan fingerprint density at radius 2 is 2.03 bits per heavy atom. The lowest BCUT2D eigenvalue weighted by atomic mass is 10.0. The maximum atomic E-state index is 13.2. The number of rotatable bonds is 7. The zero-order chi connectivity index (χ0) is 21.9. The fraction of sp³-hybridized carbons (Fsp3) is 0.400.